The first kappa shape index (κ1) is 25.9. The zero-order valence-electron chi connectivity index (χ0n) is 21.4. The normalized spacial score (nSPS) is 16.9. The van der Waals surface area contributed by atoms with Crippen LogP contribution in [0.25, 0.3) is 5.69 Å². The van der Waals surface area contributed by atoms with Gasteiger partial charge in [0.15, 0.2) is 5.11 Å². The van der Waals surface area contributed by atoms with Gasteiger partial charge in [-0.25, -0.2) is 0 Å². The predicted octanol–water partition coefficient (Wildman–Crippen LogP) is 6.40. The number of carbonyl (C=O) groups excluding carboxylic acids is 1. The van der Waals surface area contributed by atoms with Crippen LogP contribution in [-0.2, 0) is 11.2 Å². The Morgan fingerprint density at radius 1 is 1.11 bits per heavy atom. The number of para-hydroxylation sites is 1. The van der Waals surface area contributed by atoms with Gasteiger partial charge < -0.3 is 20.1 Å². The van der Waals surface area contributed by atoms with E-state index in [1.807, 2.05) is 73.8 Å². The number of nitrogens with zero attached hydrogens (tertiary/aromatic N) is 3. The minimum atomic E-state index is -0.172. The monoisotopic (exact) mass is 543 g/mol. The molecule has 0 aliphatic carbocycles. The molecule has 194 valence electrons. The lowest BCUT2D eigenvalue weighted by Gasteiger charge is -2.29. The van der Waals surface area contributed by atoms with E-state index >= 15 is 0 Å². The molecule has 8 heteroatoms. The molecule has 0 unspecified atom stereocenters. The van der Waals surface area contributed by atoms with Crippen molar-refractivity contribution in [2.75, 3.05) is 11.9 Å². The molecule has 0 radical (unpaired) electrons. The van der Waals surface area contributed by atoms with Gasteiger partial charge in [0.25, 0.3) is 0 Å². The number of aromatic nitrogens is 2. The van der Waals surface area contributed by atoms with Crippen LogP contribution in [0.5, 0.6) is 0 Å². The van der Waals surface area contributed by atoms with Crippen molar-refractivity contribution < 1.29 is 4.79 Å². The molecule has 3 heterocycles. The number of anilines is 1. The van der Waals surface area contributed by atoms with E-state index in [0.29, 0.717) is 18.1 Å². The fourth-order valence-corrected chi connectivity index (χ4v) is 5.45. The average Bonchev–Trinajstić information content (AvgIpc) is 3.54. The third-order valence-corrected chi connectivity index (χ3v) is 7.73. The van der Waals surface area contributed by atoms with E-state index in [4.69, 9.17) is 23.8 Å². The lowest BCUT2D eigenvalue weighted by Crippen LogP contribution is -2.33. The van der Waals surface area contributed by atoms with Gasteiger partial charge in [-0.05, 0) is 85.2 Å². The second kappa shape index (κ2) is 11.4. The summed E-state index contributed by atoms with van der Waals surface area (Å²) in [7, 11) is 0. The Bertz CT molecular complexity index is 1450. The van der Waals surface area contributed by atoms with Crippen LogP contribution in [0.15, 0.2) is 85.2 Å². The number of rotatable bonds is 8. The van der Waals surface area contributed by atoms with Crippen molar-refractivity contribution in [2.24, 2.45) is 0 Å². The van der Waals surface area contributed by atoms with E-state index in [-0.39, 0.29) is 18.0 Å². The summed E-state index contributed by atoms with van der Waals surface area (Å²) in [6.45, 7) is 4.54. The number of thiocarbonyl (C=S) groups is 1. The standard InChI is InChI=1S/C30H30ClN5OS/c1-3-21-9-4-5-10-24(21)33-27(37)15-18-36-29(28(34-30(36)38)25-11-6-7-16-32-25)26-12-8-17-35(26)22-13-14-23(31)20(2)19-22/h4-14,16-17,19,28-29H,3,15,18H2,1-2H3,(H,33,37)(H,34,38)/t28-,29+/m0/s1. The zero-order chi connectivity index (χ0) is 26.6. The SMILES string of the molecule is CCc1ccccc1NC(=O)CCN1C(=S)N[C@@H](c2ccccn2)[C@H]1c1cccn1-c1ccc(Cl)c(C)c1. The van der Waals surface area contributed by atoms with Gasteiger partial charge in [0.2, 0.25) is 5.91 Å². The largest absolute Gasteiger partial charge is 0.352 e. The summed E-state index contributed by atoms with van der Waals surface area (Å²) in [5.74, 6) is -0.0440. The van der Waals surface area contributed by atoms with Crippen molar-refractivity contribution in [1.29, 1.82) is 0 Å². The maximum absolute atomic E-state index is 13.0. The number of halogens is 1. The average molecular weight is 544 g/mol. The van der Waals surface area contributed by atoms with Crippen LogP contribution >= 0.6 is 23.8 Å². The number of hydrogen-bond donors (Lipinski definition) is 2. The van der Waals surface area contributed by atoms with E-state index in [1.54, 1.807) is 6.20 Å². The fraction of sp³-hybridized carbons (Fsp3) is 0.233. The molecule has 1 aliphatic rings. The van der Waals surface area contributed by atoms with Gasteiger partial charge in [-0.2, -0.15) is 0 Å². The first-order valence-corrected chi connectivity index (χ1v) is 13.5. The molecule has 2 atom stereocenters. The van der Waals surface area contributed by atoms with Crippen molar-refractivity contribution in [2.45, 2.75) is 38.8 Å². The van der Waals surface area contributed by atoms with Gasteiger partial charge in [0.05, 0.1) is 17.8 Å². The maximum Gasteiger partial charge on any atom is 0.226 e. The highest BCUT2D eigenvalue weighted by Crippen LogP contribution is 2.39. The summed E-state index contributed by atoms with van der Waals surface area (Å²) in [4.78, 5) is 19.8. The molecule has 1 amide bonds. The molecule has 38 heavy (non-hydrogen) atoms. The molecule has 2 aromatic carbocycles. The summed E-state index contributed by atoms with van der Waals surface area (Å²) in [5, 5.41) is 7.90. The third kappa shape index (κ3) is 5.30. The topological polar surface area (TPSA) is 62.2 Å². The molecular weight excluding hydrogens is 514 g/mol. The molecule has 2 aromatic heterocycles. The number of amides is 1. The van der Waals surface area contributed by atoms with Gasteiger partial charge >= 0.3 is 0 Å². The molecule has 1 fully saturated rings. The number of benzene rings is 2. The van der Waals surface area contributed by atoms with Crippen LogP contribution in [0.1, 0.15) is 47.9 Å². The minimum Gasteiger partial charge on any atom is -0.352 e. The molecule has 1 aliphatic heterocycles. The van der Waals surface area contributed by atoms with Crippen LogP contribution in [0.2, 0.25) is 5.02 Å². The van der Waals surface area contributed by atoms with Gasteiger partial charge in [-0.15, -0.1) is 0 Å². The number of aryl methyl sites for hydroxylation is 2. The van der Waals surface area contributed by atoms with Crippen LogP contribution in [-0.4, -0.2) is 32.0 Å². The summed E-state index contributed by atoms with van der Waals surface area (Å²) < 4.78 is 2.16. The van der Waals surface area contributed by atoms with E-state index in [9.17, 15) is 4.79 Å². The fourth-order valence-electron chi connectivity index (χ4n) is 5.00. The van der Waals surface area contributed by atoms with Crippen molar-refractivity contribution >= 4 is 40.5 Å². The quantitative estimate of drug-likeness (QED) is 0.252. The molecule has 2 N–H and O–H groups in total. The second-order valence-electron chi connectivity index (χ2n) is 9.37. The van der Waals surface area contributed by atoms with Gasteiger partial charge in [0.1, 0.15) is 0 Å². The summed E-state index contributed by atoms with van der Waals surface area (Å²) >= 11 is 12.1. The predicted molar refractivity (Wildman–Crippen MR) is 157 cm³/mol. The summed E-state index contributed by atoms with van der Waals surface area (Å²) in [6, 6.07) is 23.6. The number of pyridine rings is 1. The van der Waals surface area contributed by atoms with Crippen LogP contribution in [0.3, 0.4) is 0 Å². The summed E-state index contributed by atoms with van der Waals surface area (Å²) in [5.41, 5.74) is 5.93. The molecular formula is C30H30ClN5OS. The van der Waals surface area contributed by atoms with Crippen LogP contribution < -0.4 is 10.6 Å². The zero-order valence-corrected chi connectivity index (χ0v) is 23.0. The smallest absolute Gasteiger partial charge is 0.226 e. The van der Waals surface area contributed by atoms with E-state index in [1.165, 1.54) is 0 Å². The van der Waals surface area contributed by atoms with Crippen LogP contribution in [0, 0.1) is 6.92 Å². The Labute approximate surface area is 233 Å². The van der Waals surface area contributed by atoms with Gasteiger partial charge in [-0.1, -0.05) is 42.8 Å². The minimum absolute atomic E-state index is 0.0440. The molecule has 0 spiro atoms. The molecule has 0 saturated carbocycles. The van der Waals surface area contributed by atoms with Crippen LogP contribution in [0.4, 0.5) is 5.69 Å². The highest BCUT2D eigenvalue weighted by atomic mass is 35.5. The Balaban J connectivity index is 1.45. The Hall–Kier alpha value is -3.68. The highest BCUT2D eigenvalue weighted by molar-refractivity contribution is 7.80. The molecule has 0 bridgehead atoms. The van der Waals surface area contributed by atoms with Crippen molar-refractivity contribution in [3.63, 3.8) is 0 Å². The molecule has 4 aromatic rings. The third-order valence-electron chi connectivity index (χ3n) is 6.95. The second-order valence-corrected chi connectivity index (χ2v) is 10.2. The molecule has 1 saturated heterocycles. The summed E-state index contributed by atoms with van der Waals surface area (Å²) in [6.07, 6.45) is 4.99. The lowest BCUT2D eigenvalue weighted by atomic mass is 10.0. The Morgan fingerprint density at radius 3 is 2.68 bits per heavy atom. The highest BCUT2D eigenvalue weighted by Gasteiger charge is 2.41. The molecule has 5 rings (SSSR count). The number of carbonyl (C=O) groups is 1. The maximum atomic E-state index is 13.0. The van der Waals surface area contributed by atoms with Gasteiger partial charge in [-0.3, -0.25) is 9.78 Å². The van der Waals surface area contributed by atoms with Gasteiger partial charge in [0, 0.05) is 47.5 Å². The molecule has 6 nitrogen and oxygen atoms in total. The van der Waals surface area contributed by atoms with E-state index in [0.717, 1.165) is 45.3 Å². The van der Waals surface area contributed by atoms with Crippen molar-refractivity contribution in [3.05, 3.63) is 113 Å². The lowest BCUT2D eigenvalue weighted by molar-refractivity contribution is -0.116. The first-order valence-electron chi connectivity index (χ1n) is 12.8. The van der Waals surface area contributed by atoms with E-state index < -0.39 is 0 Å². The van der Waals surface area contributed by atoms with E-state index in [2.05, 4.69) is 44.1 Å². The number of hydrogen-bond acceptors (Lipinski definition) is 3. The first-order chi connectivity index (χ1) is 18.5. The van der Waals surface area contributed by atoms with Crippen molar-refractivity contribution in [3.8, 4) is 5.69 Å². The Kier molecular flexibility index (Phi) is 7.77. The van der Waals surface area contributed by atoms with Crippen molar-refractivity contribution in [1.82, 2.24) is 19.8 Å². The number of nitrogens with one attached hydrogen (secondary N) is 2. The Morgan fingerprint density at radius 2 is 1.92 bits per heavy atom.